The number of hydrogen-bond acceptors (Lipinski definition) is 2. The molecule has 0 aromatic carbocycles. The van der Waals surface area contributed by atoms with E-state index in [2.05, 4.69) is 13.2 Å². The van der Waals surface area contributed by atoms with Gasteiger partial charge in [0.25, 0.3) is 0 Å². The summed E-state index contributed by atoms with van der Waals surface area (Å²) in [5.74, 6) is 0.194. The number of amides is 2. The summed E-state index contributed by atoms with van der Waals surface area (Å²) in [5, 5.41) is 0. The Morgan fingerprint density at radius 2 is 1.19 bits per heavy atom. The number of hydrogen-bond donors (Lipinski definition) is 0. The molecule has 0 atom stereocenters. The summed E-state index contributed by atoms with van der Waals surface area (Å²) in [6, 6.07) is 0. The lowest BCUT2D eigenvalue weighted by molar-refractivity contribution is -0.127. The fraction of sp³-hybridized carbons (Fsp3) is 0.500. The number of nitrogens with zero attached hydrogens (tertiary/aromatic N) is 2. The Morgan fingerprint density at radius 1 is 0.938 bits per heavy atom. The Bertz CT molecular complexity index is 223. The van der Waals surface area contributed by atoms with E-state index in [9.17, 15) is 9.59 Å². The first-order valence-corrected chi connectivity index (χ1v) is 5.20. The molecule has 0 N–H and O–H groups in total. The van der Waals surface area contributed by atoms with Crippen molar-refractivity contribution in [3.63, 3.8) is 0 Å². The van der Waals surface area contributed by atoms with Crippen LogP contribution in [-0.2, 0) is 9.59 Å². The standard InChI is InChI=1S/2C6H11NO/c2*1-4-6(8)7(3)5-2/h2*5H,2,4H2,1,3H3. The van der Waals surface area contributed by atoms with Gasteiger partial charge in [0.05, 0.1) is 0 Å². The zero-order valence-electron chi connectivity index (χ0n) is 10.7. The van der Waals surface area contributed by atoms with Crippen LogP contribution in [0, 0.1) is 0 Å². The Morgan fingerprint density at radius 3 is 1.25 bits per heavy atom. The van der Waals surface area contributed by atoms with Crippen LogP contribution < -0.4 is 0 Å². The Kier molecular flexibility index (Phi) is 10.5. The van der Waals surface area contributed by atoms with Crippen molar-refractivity contribution in [3.8, 4) is 0 Å². The van der Waals surface area contributed by atoms with E-state index < -0.39 is 0 Å². The molecule has 2 amide bonds. The van der Waals surface area contributed by atoms with Gasteiger partial charge in [-0.05, 0) is 12.4 Å². The highest BCUT2D eigenvalue weighted by Gasteiger charge is 1.98. The number of rotatable bonds is 4. The lowest BCUT2D eigenvalue weighted by Gasteiger charge is -2.07. The fourth-order valence-corrected chi connectivity index (χ4v) is 0.702. The smallest absolute Gasteiger partial charge is 0.225 e. The SMILES string of the molecule is C=CN(C)C(=O)CC.C=CN(C)C(=O)CC. The number of carbonyl (C=O) groups is 2. The van der Waals surface area contributed by atoms with Crippen LogP contribution in [0.1, 0.15) is 26.7 Å². The second-order valence-corrected chi connectivity index (χ2v) is 3.08. The molecule has 0 spiro atoms. The van der Waals surface area contributed by atoms with Crippen LogP contribution in [0.25, 0.3) is 0 Å². The largest absolute Gasteiger partial charge is 0.323 e. The van der Waals surface area contributed by atoms with Crippen molar-refractivity contribution >= 4 is 11.8 Å². The molecule has 0 aliphatic rings. The first kappa shape index (κ1) is 16.8. The van der Waals surface area contributed by atoms with Crippen LogP contribution in [0.15, 0.2) is 25.6 Å². The third-order valence-corrected chi connectivity index (χ3v) is 1.94. The van der Waals surface area contributed by atoms with Crippen molar-refractivity contribution in [1.29, 1.82) is 0 Å². The van der Waals surface area contributed by atoms with E-state index in [0.717, 1.165) is 0 Å². The molecule has 0 saturated carbocycles. The summed E-state index contributed by atoms with van der Waals surface area (Å²) >= 11 is 0. The Balaban J connectivity index is 0. The van der Waals surface area contributed by atoms with Crippen molar-refractivity contribution < 1.29 is 9.59 Å². The van der Waals surface area contributed by atoms with E-state index in [1.807, 2.05) is 13.8 Å². The maximum atomic E-state index is 10.6. The van der Waals surface area contributed by atoms with Gasteiger partial charge in [-0.2, -0.15) is 0 Å². The van der Waals surface area contributed by atoms with Gasteiger partial charge < -0.3 is 9.80 Å². The second-order valence-electron chi connectivity index (χ2n) is 3.08. The minimum atomic E-state index is 0.0972. The molecule has 0 radical (unpaired) electrons. The molecular weight excluding hydrogens is 204 g/mol. The molecule has 0 rings (SSSR count). The van der Waals surface area contributed by atoms with Gasteiger partial charge in [0.1, 0.15) is 0 Å². The molecule has 0 aliphatic carbocycles. The molecule has 0 aromatic heterocycles. The van der Waals surface area contributed by atoms with Gasteiger partial charge in [-0.25, -0.2) is 0 Å². The molecule has 4 heteroatoms. The quantitative estimate of drug-likeness (QED) is 0.735. The predicted octanol–water partition coefficient (Wildman–Crippen LogP) is 2.00. The van der Waals surface area contributed by atoms with Gasteiger partial charge in [0, 0.05) is 26.9 Å². The summed E-state index contributed by atoms with van der Waals surface area (Å²) < 4.78 is 0. The number of carbonyl (C=O) groups excluding carboxylic acids is 2. The lowest BCUT2D eigenvalue weighted by Crippen LogP contribution is -2.18. The third kappa shape index (κ3) is 7.79. The van der Waals surface area contributed by atoms with Crippen LogP contribution in [0.5, 0.6) is 0 Å². The average Bonchev–Trinajstić information content (AvgIpc) is 2.35. The Labute approximate surface area is 98.2 Å². The van der Waals surface area contributed by atoms with Crippen LogP contribution in [0.3, 0.4) is 0 Å². The van der Waals surface area contributed by atoms with Gasteiger partial charge >= 0.3 is 0 Å². The minimum absolute atomic E-state index is 0.0972. The molecule has 16 heavy (non-hydrogen) atoms. The zero-order valence-corrected chi connectivity index (χ0v) is 10.7. The molecule has 0 fully saturated rings. The Hall–Kier alpha value is -1.58. The van der Waals surface area contributed by atoms with Crippen LogP contribution in [0.4, 0.5) is 0 Å². The van der Waals surface area contributed by atoms with Crippen LogP contribution >= 0.6 is 0 Å². The second kappa shape index (κ2) is 9.96. The van der Waals surface area contributed by atoms with Gasteiger partial charge in [0.2, 0.25) is 11.8 Å². The van der Waals surface area contributed by atoms with Gasteiger partial charge in [0.15, 0.2) is 0 Å². The van der Waals surface area contributed by atoms with Crippen molar-refractivity contribution in [1.82, 2.24) is 9.80 Å². The van der Waals surface area contributed by atoms with E-state index in [0.29, 0.717) is 12.8 Å². The summed E-state index contributed by atoms with van der Waals surface area (Å²) in [4.78, 5) is 24.1. The van der Waals surface area contributed by atoms with Gasteiger partial charge in [-0.15, -0.1) is 0 Å². The molecule has 92 valence electrons. The van der Waals surface area contributed by atoms with Gasteiger partial charge in [-0.3, -0.25) is 9.59 Å². The molecule has 0 heterocycles. The third-order valence-electron chi connectivity index (χ3n) is 1.94. The van der Waals surface area contributed by atoms with E-state index >= 15 is 0 Å². The monoisotopic (exact) mass is 226 g/mol. The molecule has 0 unspecified atom stereocenters. The molecule has 0 bridgehead atoms. The summed E-state index contributed by atoms with van der Waals surface area (Å²) in [6.07, 6.45) is 4.10. The summed E-state index contributed by atoms with van der Waals surface area (Å²) in [6.45, 7) is 10.5. The first-order valence-electron chi connectivity index (χ1n) is 5.20. The maximum absolute atomic E-state index is 10.6. The summed E-state index contributed by atoms with van der Waals surface area (Å²) in [7, 11) is 3.39. The molecule has 0 saturated heterocycles. The van der Waals surface area contributed by atoms with Gasteiger partial charge in [-0.1, -0.05) is 27.0 Å². The van der Waals surface area contributed by atoms with E-state index in [4.69, 9.17) is 0 Å². The van der Waals surface area contributed by atoms with Crippen molar-refractivity contribution in [2.45, 2.75) is 26.7 Å². The molecular formula is C12H22N2O2. The maximum Gasteiger partial charge on any atom is 0.225 e. The normalized spacial score (nSPS) is 8.25. The van der Waals surface area contributed by atoms with E-state index in [1.165, 1.54) is 22.2 Å². The van der Waals surface area contributed by atoms with E-state index in [1.54, 1.807) is 14.1 Å². The topological polar surface area (TPSA) is 40.6 Å². The van der Waals surface area contributed by atoms with E-state index in [-0.39, 0.29) is 11.8 Å². The predicted molar refractivity (Wildman–Crippen MR) is 66.5 cm³/mol. The highest BCUT2D eigenvalue weighted by atomic mass is 16.2. The first-order chi connectivity index (χ1) is 7.44. The molecule has 0 aromatic rings. The van der Waals surface area contributed by atoms with Crippen molar-refractivity contribution in [2.24, 2.45) is 0 Å². The average molecular weight is 226 g/mol. The molecule has 4 nitrogen and oxygen atoms in total. The zero-order chi connectivity index (χ0) is 13.1. The van der Waals surface area contributed by atoms with Crippen LogP contribution in [-0.4, -0.2) is 35.7 Å². The lowest BCUT2D eigenvalue weighted by atomic mass is 10.4. The highest BCUT2D eigenvalue weighted by Crippen LogP contribution is 1.87. The minimum Gasteiger partial charge on any atom is -0.323 e. The van der Waals surface area contributed by atoms with Crippen molar-refractivity contribution in [3.05, 3.63) is 25.6 Å². The fourth-order valence-electron chi connectivity index (χ4n) is 0.702. The van der Waals surface area contributed by atoms with Crippen molar-refractivity contribution in [2.75, 3.05) is 14.1 Å². The summed E-state index contributed by atoms with van der Waals surface area (Å²) in [5.41, 5.74) is 0. The highest BCUT2D eigenvalue weighted by molar-refractivity contribution is 5.76. The van der Waals surface area contributed by atoms with Crippen LogP contribution in [0.2, 0.25) is 0 Å². The molecule has 0 aliphatic heterocycles.